The number of aliphatic hydroxyl groups excluding tert-OH is 1. The van der Waals surface area contributed by atoms with E-state index in [0.717, 1.165) is 39.1 Å². The van der Waals surface area contributed by atoms with Gasteiger partial charge in [-0.3, -0.25) is 9.59 Å². The van der Waals surface area contributed by atoms with Gasteiger partial charge in [0.05, 0.1) is 24.5 Å². The van der Waals surface area contributed by atoms with Crippen molar-refractivity contribution < 1.29 is 37.3 Å². The molecule has 3 heterocycles. The van der Waals surface area contributed by atoms with Gasteiger partial charge in [-0.05, 0) is 75.4 Å². The number of para-hydroxylation sites is 1. The summed E-state index contributed by atoms with van der Waals surface area (Å²) in [7, 11) is 0. The maximum Gasteiger partial charge on any atom is 0.471 e. The number of aliphatic hydroxyl groups is 1. The van der Waals surface area contributed by atoms with E-state index < -0.39 is 30.3 Å². The first kappa shape index (κ1) is 37.2. The number of halogens is 3. The van der Waals surface area contributed by atoms with Crippen LogP contribution in [-0.2, 0) is 32.2 Å². The molecule has 7 rings (SSSR count). The Bertz CT molecular complexity index is 2070. The summed E-state index contributed by atoms with van der Waals surface area (Å²) in [6.45, 7) is -0.0909. The second-order valence-electron chi connectivity index (χ2n) is 13.1. The molecule has 0 aliphatic carbocycles. The third-order valence-electron chi connectivity index (χ3n) is 9.40. The van der Waals surface area contributed by atoms with E-state index in [1.807, 2.05) is 103 Å². The summed E-state index contributed by atoms with van der Waals surface area (Å²) in [5, 5.41) is 25.2. The van der Waals surface area contributed by atoms with E-state index in [4.69, 9.17) is 9.47 Å². The second kappa shape index (κ2) is 16.5. The van der Waals surface area contributed by atoms with Crippen molar-refractivity contribution in [2.75, 3.05) is 12.3 Å². The molecule has 4 atom stereocenters. The maximum atomic E-state index is 13.1. The minimum atomic E-state index is -5.03. The standard InChI is InChI=1S/C39H37F3N6O5S/c40-39(41,42)37(51)47-18-6-13-33(47)35(50)43-22-26-7-4-8-28(19-26)29-9-5-10-30(20-29)36-52-32(21-34(53-36)27-16-14-25(23-49)15-17-27)24-54-38-44-45-46-48(38)31-11-2-1-3-12-31/h1-5,7-12,14-17,19-20,32-34,36,49H,6,13,18,21-24H2,(H,43,50)/t32-,33-,34+,36+/m0/s1. The quantitative estimate of drug-likeness (QED) is 0.149. The van der Waals surface area contributed by atoms with Crippen LogP contribution in [0.25, 0.3) is 16.8 Å². The van der Waals surface area contributed by atoms with Crippen LogP contribution in [0.3, 0.4) is 0 Å². The number of alkyl halides is 3. The number of nitrogens with one attached hydrogen (secondary N) is 1. The first-order valence-corrected chi connectivity index (χ1v) is 18.5. The lowest BCUT2D eigenvalue weighted by Gasteiger charge is -2.36. The van der Waals surface area contributed by atoms with Crippen LogP contribution in [0, 0.1) is 0 Å². The number of carbonyl (C=O) groups is 2. The van der Waals surface area contributed by atoms with Crippen molar-refractivity contribution in [2.24, 2.45) is 0 Å². The number of benzene rings is 4. The summed E-state index contributed by atoms with van der Waals surface area (Å²) in [6, 6.07) is 31.4. The number of hydrogen-bond donors (Lipinski definition) is 2. The van der Waals surface area contributed by atoms with Crippen LogP contribution in [0.2, 0.25) is 0 Å². The molecule has 2 amide bonds. The number of thioether (sulfide) groups is 1. The molecule has 0 bridgehead atoms. The minimum absolute atomic E-state index is 0.0601. The Kier molecular flexibility index (Phi) is 11.4. The average molecular weight is 759 g/mol. The molecule has 2 aliphatic heterocycles. The fraction of sp³-hybridized carbons (Fsp3) is 0.308. The second-order valence-corrected chi connectivity index (χ2v) is 14.1. The van der Waals surface area contributed by atoms with E-state index in [2.05, 4.69) is 20.8 Å². The largest absolute Gasteiger partial charge is 0.471 e. The molecule has 4 aromatic carbocycles. The monoisotopic (exact) mass is 758 g/mol. The molecule has 11 nitrogen and oxygen atoms in total. The summed E-state index contributed by atoms with van der Waals surface area (Å²) < 4.78 is 54.1. The summed E-state index contributed by atoms with van der Waals surface area (Å²) in [5.74, 6) is -2.06. The lowest BCUT2D eigenvalue weighted by Crippen LogP contribution is -2.50. The van der Waals surface area contributed by atoms with E-state index in [0.29, 0.717) is 28.7 Å². The molecule has 1 aromatic heterocycles. The van der Waals surface area contributed by atoms with Gasteiger partial charge >= 0.3 is 12.1 Å². The SMILES string of the molecule is O=C(NCc1cccc(-c2cccc([C@@H]3O[C@H](CSc4nnnn4-c4ccccc4)C[C@H](c4ccc(CO)cc4)O3)c2)c1)[C@@H]1CCCN1C(=O)C(F)(F)F. The molecule has 5 aromatic rings. The lowest BCUT2D eigenvalue weighted by atomic mass is 9.99. The van der Waals surface area contributed by atoms with Crippen molar-refractivity contribution in [3.63, 3.8) is 0 Å². The fourth-order valence-corrected chi connectivity index (χ4v) is 7.58. The predicted octanol–water partition coefficient (Wildman–Crippen LogP) is 6.33. The molecule has 54 heavy (non-hydrogen) atoms. The Balaban J connectivity index is 1.06. The highest BCUT2D eigenvalue weighted by Crippen LogP contribution is 2.40. The summed E-state index contributed by atoms with van der Waals surface area (Å²) in [5.41, 5.74) is 5.86. The molecule has 0 saturated carbocycles. The smallest absolute Gasteiger partial charge is 0.392 e. The third-order valence-corrected chi connectivity index (χ3v) is 10.5. The number of hydrogen-bond acceptors (Lipinski definition) is 9. The molecule has 0 unspecified atom stereocenters. The van der Waals surface area contributed by atoms with Gasteiger partial charge in [0, 0.05) is 30.8 Å². The number of ether oxygens (including phenoxy) is 2. The van der Waals surface area contributed by atoms with Crippen LogP contribution >= 0.6 is 11.8 Å². The van der Waals surface area contributed by atoms with Crippen LogP contribution in [0.15, 0.2) is 108 Å². The van der Waals surface area contributed by atoms with Crippen LogP contribution in [-0.4, -0.2) is 72.6 Å². The van der Waals surface area contributed by atoms with Gasteiger partial charge in [-0.25, -0.2) is 0 Å². The number of nitrogens with zero attached hydrogens (tertiary/aromatic N) is 5. The van der Waals surface area contributed by atoms with E-state index in [9.17, 15) is 27.9 Å². The topological polar surface area (TPSA) is 132 Å². The Labute approximate surface area is 313 Å². The zero-order chi connectivity index (χ0) is 37.7. The first-order chi connectivity index (χ1) is 26.2. The zero-order valence-electron chi connectivity index (χ0n) is 28.9. The molecule has 0 radical (unpaired) electrons. The Morgan fingerprint density at radius 3 is 2.41 bits per heavy atom. The number of carbonyl (C=O) groups excluding carboxylic acids is 2. The molecule has 2 N–H and O–H groups in total. The number of aromatic nitrogens is 4. The fourth-order valence-electron chi connectivity index (χ4n) is 6.67. The summed E-state index contributed by atoms with van der Waals surface area (Å²) in [6.07, 6.45) is -5.22. The maximum absolute atomic E-state index is 13.1. The van der Waals surface area contributed by atoms with E-state index in [1.165, 1.54) is 11.8 Å². The van der Waals surface area contributed by atoms with Gasteiger partial charge in [0.15, 0.2) is 6.29 Å². The Morgan fingerprint density at radius 1 is 0.889 bits per heavy atom. The zero-order valence-corrected chi connectivity index (χ0v) is 29.7. The van der Waals surface area contributed by atoms with Gasteiger partial charge in [-0.2, -0.15) is 17.9 Å². The molecule has 2 saturated heterocycles. The average Bonchev–Trinajstić information content (AvgIpc) is 3.90. The molecular weight excluding hydrogens is 722 g/mol. The van der Waals surface area contributed by atoms with E-state index >= 15 is 0 Å². The number of rotatable bonds is 11. The number of likely N-dealkylation sites (tertiary alicyclic amines) is 1. The number of tetrazole rings is 1. The lowest BCUT2D eigenvalue weighted by molar-refractivity contribution is -0.245. The normalized spacial score (nSPS) is 20.2. The molecule has 2 fully saturated rings. The van der Waals surface area contributed by atoms with Gasteiger partial charge in [-0.15, -0.1) is 5.10 Å². The van der Waals surface area contributed by atoms with Gasteiger partial charge in [0.2, 0.25) is 11.1 Å². The van der Waals surface area contributed by atoms with Crippen molar-refractivity contribution in [1.29, 1.82) is 0 Å². The highest BCUT2D eigenvalue weighted by molar-refractivity contribution is 7.99. The van der Waals surface area contributed by atoms with Crippen LogP contribution in [0.4, 0.5) is 13.2 Å². The Morgan fingerprint density at radius 2 is 1.65 bits per heavy atom. The molecule has 2 aliphatic rings. The van der Waals surface area contributed by atoms with Crippen LogP contribution in [0.1, 0.15) is 53.9 Å². The van der Waals surface area contributed by atoms with Crippen molar-refractivity contribution in [1.82, 2.24) is 30.4 Å². The molecular formula is C39H37F3N6O5S. The highest BCUT2D eigenvalue weighted by Gasteiger charge is 2.47. The van der Waals surface area contributed by atoms with Crippen LogP contribution < -0.4 is 5.32 Å². The first-order valence-electron chi connectivity index (χ1n) is 17.5. The Hall–Kier alpha value is -5.09. The van der Waals surface area contributed by atoms with Crippen molar-refractivity contribution in [3.05, 3.63) is 125 Å². The summed E-state index contributed by atoms with van der Waals surface area (Å²) >= 11 is 1.49. The molecule has 0 spiro atoms. The van der Waals surface area contributed by atoms with Crippen molar-refractivity contribution in [3.8, 4) is 16.8 Å². The van der Waals surface area contributed by atoms with E-state index in [1.54, 1.807) is 4.68 Å². The minimum Gasteiger partial charge on any atom is -0.392 e. The van der Waals surface area contributed by atoms with Gasteiger partial charge < -0.3 is 24.8 Å². The van der Waals surface area contributed by atoms with Gasteiger partial charge in [0.25, 0.3) is 0 Å². The highest BCUT2D eigenvalue weighted by atomic mass is 32.2. The number of amides is 2. The van der Waals surface area contributed by atoms with Crippen molar-refractivity contribution in [2.45, 2.75) is 68.3 Å². The van der Waals surface area contributed by atoms with Gasteiger partial charge in [-0.1, -0.05) is 90.6 Å². The molecule has 15 heteroatoms. The van der Waals surface area contributed by atoms with E-state index in [-0.39, 0.29) is 38.3 Å². The van der Waals surface area contributed by atoms with Crippen LogP contribution in [0.5, 0.6) is 0 Å². The predicted molar refractivity (Wildman–Crippen MR) is 193 cm³/mol. The summed E-state index contributed by atoms with van der Waals surface area (Å²) in [4.78, 5) is 25.4. The molecule has 280 valence electrons. The van der Waals surface area contributed by atoms with Crippen molar-refractivity contribution >= 4 is 23.6 Å². The van der Waals surface area contributed by atoms with Gasteiger partial charge in [0.1, 0.15) is 6.04 Å². The third kappa shape index (κ3) is 8.65.